The number of carbonyl (C=O) groups is 2. The molecule has 0 saturated carbocycles. The molecule has 2 aromatic carbocycles. The topological polar surface area (TPSA) is 58.2 Å². The summed E-state index contributed by atoms with van der Waals surface area (Å²) < 4.78 is 37.3. The van der Waals surface area contributed by atoms with Crippen molar-refractivity contribution in [1.82, 2.24) is 10.6 Å². The second kappa shape index (κ2) is 7.63. The Kier molecular flexibility index (Phi) is 5.57. The van der Waals surface area contributed by atoms with Crippen LogP contribution >= 0.6 is 0 Å². The van der Waals surface area contributed by atoms with Gasteiger partial charge in [-0.3, -0.25) is 9.59 Å². The summed E-state index contributed by atoms with van der Waals surface area (Å²) in [6, 6.07) is 12.9. The number of halogens is 3. The summed E-state index contributed by atoms with van der Waals surface area (Å²) in [4.78, 5) is 23.4. The summed E-state index contributed by atoms with van der Waals surface area (Å²) in [6.45, 7) is -0.132. The zero-order chi connectivity index (χ0) is 17.6. The van der Waals surface area contributed by atoms with Gasteiger partial charge < -0.3 is 10.6 Å². The molecule has 4 nitrogen and oxygen atoms in total. The molecule has 2 N–H and O–H groups in total. The molecule has 0 unspecified atom stereocenters. The first kappa shape index (κ1) is 17.5. The van der Waals surface area contributed by atoms with Crippen molar-refractivity contribution in [2.24, 2.45) is 0 Å². The Morgan fingerprint density at radius 3 is 2.08 bits per heavy atom. The van der Waals surface area contributed by atoms with Crippen molar-refractivity contribution in [3.63, 3.8) is 0 Å². The van der Waals surface area contributed by atoms with Crippen LogP contribution in [0.2, 0.25) is 0 Å². The molecule has 2 rings (SSSR count). The van der Waals surface area contributed by atoms with Crippen molar-refractivity contribution in [2.75, 3.05) is 6.54 Å². The second-order valence-corrected chi connectivity index (χ2v) is 5.02. The molecular formula is C17H15F3N2O2. The van der Waals surface area contributed by atoms with Crippen LogP contribution in [0.25, 0.3) is 0 Å². The van der Waals surface area contributed by atoms with E-state index in [1.807, 2.05) is 0 Å². The van der Waals surface area contributed by atoms with Crippen LogP contribution in [0.1, 0.15) is 21.5 Å². The lowest BCUT2D eigenvalue weighted by Crippen LogP contribution is -2.36. The number of carbonyl (C=O) groups excluding carboxylic acids is 2. The van der Waals surface area contributed by atoms with E-state index in [4.69, 9.17) is 0 Å². The Labute approximate surface area is 136 Å². The quantitative estimate of drug-likeness (QED) is 0.882. The Morgan fingerprint density at radius 2 is 1.50 bits per heavy atom. The van der Waals surface area contributed by atoms with Gasteiger partial charge in [0.15, 0.2) is 0 Å². The third kappa shape index (κ3) is 5.12. The lowest BCUT2D eigenvalue weighted by Gasteiger charge is -2.09. The predicted molar refractivity (Wildman–Crippen MR) is 82.1 cm³/mol. The van der Waals surface area contributed by atoms with E-state index in [1.54, 1.807) is 30.3 Å². The highest BCUT2D eigenvalue weighted by Gasteiger charge is 2.29. The van der Waals surface area contributed by atoms with Crippen molar-refractivity contribution in [3.05, 3.63) is 71.3 Å². The van der Waals surface area contributed by atoms with E-state index in [2.05, 4.69) is 10.6 Å². The standard InChI is InChI=1S/C17H15F3N2O2/c18-17(19,20)14-8-6-12(7-9-14)10-21-15(23)11-22-16(24)13-4-2-1-3-5-13/h1-9H,10-11H2,(H,21,23)(H,22,24). The average Bonchev–Trinajstić information content (AvgIpc) is 2.58. The molecule has 0 fully saturated rings. The number of alkyl halides is 3. The minimum atomic E-state index is -4.39. The molecule has 2 aromatic rings. The van der Waals surface area contributed by atoms with Gasteiger partial charge in [0.05, 0.1) is 12.1 Å². The molecule has 0 aliphatic heterocycles. The zero-order valence-electron chi connectivity index (χ0n) is 12.6. The van der Waals surface area contributed by atoms with Crippen LogP contribution in [-0.4, -0.2) is 18.4 Å². The van der Waals surface area contributed by atoms with Gasteiger partial charge in [0.25, 0.3) is 5.91 Å². The lowest BCUT2D eigenvalue weighted by atomic mass is 10.1. The van der Waals surface area contributed by atoms with E-state index >= 15 is 0 Å². The maximum absolute atomic E-state index is 12.4. The molecule has 0 spiro atoms. The third-order valence-electron chi connectivity index (χ3n) is 3.22. The molecule has 2 amide bonds. The summed E-state index contributed by atoms with van der Waals surface area (Å²) in [5, 5.41) is 4.99. The maximum atomic E-state index is 12.4. The van der Waals surface area contributed by atoms with Gasteiger partial charge in [-0.1, -0.05) is 30.3 Å². The molecule has 126 valence electrons. The first-order valence-corrected chi connectivity index (χ1v) is 7.12. The second-order valence-electron chi connectivity index (χ2n) is 5.02. The van der Waals surface area contributed by atoms with Crippen molar-refractivity contribution >= 4 is 11.8 Å². The molecule has 24 heavy (non-hydrogen) atoms. The Morgan fingerprint density at radius 1 is 0.875 bits per heavy atom. The average molecular weight is 336 g/mol. The molecule has 0 heterocycles. The molecule has 0 atom stereocenters. The first-order valence-electron chi connectivity index (χ1n) is 7.12. The molecule has 0 aromatic heterocycles. The predicted octanol–water partition coefficient (Wildman–Crippen LogP) is 2.75. The van der Waals surface area contributed by atoms with E-state index in [1.165, 1.54) is 12.1 Å². The fourth-order valence-corrected chi connectivity index (χ4v) is 1.93. The summed E-state index contributed by atoms with van der Waals surface area (Å²) >= 11 is 0. The molecule has 7 heteroatoms. The van der Waals surface area contributed by atoms with Crippen molar-refractivity contribution < 1.29 is 22.8 Å². The van der Waals surface area contributed by atoms with Crippen LogP contribution < -0.4 is 10.6 Å². The van der Waals surface area contributed by atoms with Crippen molar-refractivity contribution in [3.8, 4) is 0 Å². The maximum Gasteiger partial charge on any atom is 0.416 e. The van der Waals surface area contributed by atoms with Gasteiger partial charge >= 0.3 is 6.18 Å². The number of rotatable bonds is 5. The Bertz CT molecular complexity index is 698. The number of amides is 2. The van der Waals surface area contributed by atoms with Gasteiger partial charge in [-0.15, -0.1) is 0 Å². The highest BCUT2D eigenvalue weighted by atomic mass is 19.4. The highest BCUT2D eigenvalue weighted by molar-refractivity contribution is 5.96. The van der Waals surface area contributed by atoms with Gasteiger partial charge in [0.1, 0.15) is 0 Å². The van der Waals surface area contributed by atoms with Crippen LogP contribution in [0.15, 0.2) is 54.6 Å². The number of hydrogen-bond donors (Lipinski definition) is 2. The van der Waals surface area contributed by atoms with E-state index in [0.717, 1.165) is 12.1 Å². The SMILES string of the molecule is O=C(CNC(=O)c1ccccc1)NCc1ccc(C(F)(F)F)cc1. The van der Waals surface area contributed by atoms with E-state index in [-0.39, 0.29) is 19.0 Å². The molecule has 0 aliphatic carbocycles. The van der Waals surface area contributed by atoms with Gasteiger partial charge in [0, 0.05) is 12.1 Å². The van der Waals surface area contributed by atoms with Crippen molar-refractivity contribution in [2.45, 2.75) is 12.7 Å². The summed E-state index contributed by atoms with van der Waals surface area (Å²) in [6.07, 6.45) is -4.39. The van der Waals surface area contributed by atoms with Gasteiger partial charge in [-0.05, 0) is 29.8 Å². The van der Waals surface area contributed by atoms with Gasteiger partial charge in [-0.2, -0.15) is 13.2 Å². The minimum Gasteiger partial charge on any atom is -0.350 e. The molecular weight excluding hydrogens is 321 g/mol. The highest BCUT2D eigenvalue weighted by Crippen LogP contribution is 2.28. The van der Waals surface area contributed by atoms with Gasteiger partial charge in [0.2, 0.25) is 5.91 Å². The largest absolute Gasteiger partial charge is 0.416 e. The molecule has 0 aliphatic rings. The Balaban J connectivity index is 1.78. The summed E-state index contributed by atoms with van der Waals surface area (Å²) in [7, 11) is 0. The Hall–Kier alpha value is -2.83. The summed E-state index contributed by atoms with van der Waals surface area (Å²) in [5.41, 5.74) is 0.228. The van der Waals surface area contributed by atoms with Crippen LogP contribution in [-0.2, 0) is 17.5 Å². The van der Waals surface area contributed by atoms with Crippen LogP contribution in [0.5, 0.6) is 0 Å². The van der Waals surface area contributed by atoms with Crippen molar-refractivity contribution in [1.29, 1.82) is 0 Å². The number of nitrogens with one attached hydrogen (secondary N) is 2. The summed E-state index contributed by atoms with van der Waals surface area (Å²) in [5.74, 6) is -0.806. The number of hydrogen-bond acceptors (Lipinski definition) is 2. The first-order chi connectivity index (χ1) is 11.4. The fourth-order valence-electron chi connectivity index (χ4n) is 1.93. The van der Waals surface area contributed by atoms with Crippen LogP contribution in [0.3, 0.4) is 0 Å². The van der Waals surface area contributed by atoms with E-state index in [0.29, 0.717) is 11.1 Å². The lowest BCUT2D eigenvalue weighted by molar-refractivity contribution is -0.137. The molecule has 0 saturated heterocycles. The van der Waals surface area contributed by atoms with Gasteiger partial charge in [-0.25, -0.2) is 0 Å². The smallest absolute Gasteiger partial charge is 0.350 e. The number of benzene rings is 2. The van der Waals surface area contributed by atoms with E-state index in [9.17, 15) is 22.8 Å². The minimum absolute atomic E-state index is 0.0815. The van der Waals surface area contributed by atoms with E-state index < -0.39 is 17.6 Å². The van der Waals surface area contributed by atoms with Crippen LogP contribution in [0, 0.1) is 0 Å². The fraction of sp³-hybridized carbons (Fsp3) is 0.176. The normalized spacial score (nSPS) is 11.0. The molecule has 0 radical (unpaired) electrons. The zero-order valence-corrected chi connectivity index (χ0v) is 12.6. The molecule has 0 bridgehead atoms. The van der Waals surface area contributed by atoms with Crippen LogP contribution in [0.4, 0.5) is 13.2 Å². The monoisotopic (exact) mass is 336 g/mol. The third-order valence-corrected chi connectivity index (χ3v) is 3.22.